The van der Waals surface area contributed by atoms with Crippen molar-refractivity contribution in [3.63, 3.8) is 0 Å². The molecular weight excluding hydrogens is 271 g/mol. The predicted molar refractivity (Wildman–Crippen MR) is 67.8 cm³/mol. The molecule has 0 spiro atoms. The highest BCUT2D eigenvalue weighted by molar-refractivity contribution is 5.54. The summed E-state index contributed by atoms with van der Waals surface area (Å²) >= 11 is 0. The standard InChI is InChI=1S/C12H16F3N5/c1-7-17-5-8(18-7)9-4-10(12(13,14)15)19-20(9)6-11(2,3)16/h4-5H,6,16H2,1-3H3,(H,17,18). The predicted octanol–water partition coefficient (Wildman–Crippen LogP) is 2.34. The molecule has 20 heavy (non-hydrogen) atoms. The Morgan fingerprint density at radius 3 is 2.45 bits per heavy atom. The van der Waals surface area contributed by atoms with Crippen molar-refractivity contribution in [2.45, 2.75) is 39.0 Å². The van der Waals surface area contributed by atoms with E-state index >= 15 is 0 Å². The fraction of sp³-hybridized carbons (Fsp3) is 0.500. The van der Waals surface area contributed by atoms with Crippen LogP contribution >= 0.6 is 0 Å². The Morgan fingerprint density at radius 1 is 1.35 bits per heavy atom. The summed E-state index contributed by atoms with van der Waals surface area (Å²) in [5, 5.41) is 3.62. The second-order valence-electron chi connectivity index (χ2n) is 5.44. The molecule has 0 aliphatic carbocycles. The number of hydrogen-bond acceptors (Lipinski definition) is 3. The molecule has 3 N–H and O–H groups in total. The Hall–Kier alpha value is -1.83. The van der Waals surface area contributed by atoms with E-state index < -0.39 is 17.4 Å². The van der Waals surface area contributed by atoms with Crippen molar-refractivity contribution in [1.29, 1.82) is 0 Å². The zero-order chi connectivity index (χ0) is 15.1. The van der Waals surface area contributed by atoms with Crippen LogP contribution in [-0.4, -0.2) is 25.3 Å². The lowest BCUT2D eigenvalue weighted by Gasteiger charge is -2.19. The number of alkyl halides is 3. The van der Waals surface area contributed by atoms with Crippen LogP contribution in [0.4, 0.5) is 13.2 Å². The first-order valence-corrected chi connectivity index (χ1v) is 6.02. The van der Waals surface area contributed by atoms with Gasteiger partial charge in [-0.15, -0.1) is 0 Å². The van der Waals surface area contributed by atoms with Crippen molar-refractivity contribution in [1.82, 2.24) is 19.7 Å². The van der Waals surface area contributed by atoms with Gasteiger partial charge in [-0.2, -0.15) is 18.3 Å². The van der Waals surface area contributed by atoms with Crippen LogP contribution in [0.15, 0.2) is 12.3 Å². The number of nitrogens with zero attached hydrogens (tertiary/aromatic N) is 3. The summed E-state index contributed by atoms with van der Waals surface area (Å²) in [6.45, 7) is 5.34. The quantitative estimate of drug-likeness (QED) is 0.910. The van der Waals surface area contributed by atoms with E-state index in [9.17, 15) is 13.2 Å². The van der Waals surface area contributed by atoms with Crippen LogP contribution in [0.25, 0.3) is 11.4 Å². The van der Waals surface area contributed by atoms with Crippen molar-refractivity contribution < 1.29 is 13.2 Å². The van der Waals surface area contributed by atoms with E-state index in [1.54, 1.807) is 20.8 Å². The van der Waals surface area contributed by atoms with Crippen molar-refractivity contribution in [3.05, 3.63) is 23.8 Å². The number of aryl methyl sites for hydroxylation is 1. The number of H-pyrrole nitrogens is 1. The number of halogens is 3. The molecule has 110 valence electrons. The molecule has 0 bridgehead atoms. The topological polar surface area (TPSA) is 72.5 Å². The van der Waals surface area contributed by atoms with Gasteiger partial charge in [0.15, 0.2) is 5.69 Å². The molecule has 0 amide bonds. The number of hydrogen-bond donors (Lipinski definition) is 2. The second kappa shape index (κ2) is 4.62. The molecule has 0 saturated heterocycles. The number of rotatable bonds is 3. The molecule has 2 aromatic rings. The van der Waals surface area contributed by atoms with E-state index in [4.69, 9.17) is 5.73 Å². The zero-order valence-electron chi connectivity index (χ0n) is 11.4. The fourth-order valence-corrected chi connectivity index (χ4v) is 1.83. The summed E-state index contributed by atoms with van der Waals surface area (Å²) < 4.78 is 39.7. The van der Waals surface area contributed by atoms with Gasteiger partial charge in [0.05, 0.1) is 24.1 Å². The average molecular weight is 287 g/mol. The highest BCUT2D eigenvalue weighted by Crippen LogP contribution is 2.31. The second-order valence-corrected chi connectivity index (χ2v) is 5.44. The maximum atomic E-state index is 12.8. The van der Waals surface area contributed by atoms with Crippen LogP contribution in [0.2, 0.25) is 0 Å². The summed E-state index contributed by atoms with van der Waals surface area (Å²) in [7, 11) is 0. The van der Waals surface area contributed by atoms with Crippen molar-refractivity contribution in [3.8, 4) is 11.4 Å². The highest BCUT2D eigenvalue weighted by atomic mass is 19.4. The Kier molecular flexibility index (Phi) is 3.37. The van der Waals surface area contributed by atoms with E-state index in [0.29, 0.717) is 17.2 Å². The van der Waals surface area contributed by atoms with E-state index in [1.807, 2.05) is 0 Å². The van der Waals surface area contributed by atoms with Crippen LogP contribution in [0, 0.1) is 6.92 Å². The monoisotopic (exact) mass is 287 g/mol. The Bertz CT molecular complexity index is 603. The van der Waals surface area contributed by atoms with Crippen LogP contribution in [0.1, 0.15) is 25.4 Å². The molecule has 0 aromatic carbocycles. The van der Waals surface area contributed by atoms with E-state index in [0.717, 1.165) is 6.07 Å². The van der Waals surface area contributed by atoms with Gasteiger partial charge < -0.3 is 10.7 Å². The van der Waals surface area contributed by atoms with E-state index in [-0.39, 0.29) is 6.54 Å². The van der Waals surface area contributed by atoms with E-state index in [1.165, 1.54) is 10.9 Å². The fourth-order valence-electron chi connectivity index (χ4n) is 1.83. The SMILES string of the molecule is Cc1ncc(-c2cc(C(F)(F)F)nn2CC(C)(C)N)[nH]1. The van der Waals surface area contributed by atoms with Crippen LogP contribution in [0.5, 0.6) is 0 Å². The van der Waals surface area contributed by atoms with E-state index in [2.05, 4.69) is 15.1 Å². The number of nitrogens with one attached hydrogen (secondary N) is 1. The third kappa shape index (κ3) is 3.19. The number of aromatic amines is 1. The highest BCUT2D eigenvalue weighted by Gasteiger charge is 2.35. The molecule has 2 rings (SSSR count). The summed E-state index contributed by atoms with van der Waals surface area (Å²) in [6.07, 6.45) is -3.01. The maximum absolute atomic E-state index is 12.8. The van der Waals surface area contributed by atoms with Gasteiger partial charge in [0, 0.05) is 5.54 Å². The van der Waals surface area contributed by atoms with Gasteiger partial charge in [-0.25, -0.2) is 4.98 Å². The number of nitrogens with two attached hydrogens (primary N) is 1. The lowest BCUT2D eigenvalue weighted by atomic mass is 10.1. The summed E-state index contributed by atoms with van der Waals surface area (Å²) in [4.78, 5) is 6.90. The molecule has 2 aromatic heterocycles. The largest absolute Gasteiger partial charge is 0.435 e. The van der Waals surface area contributed by atoms with Gasteiger partial charge in [-0.05, 0) is 26.8 Å². The summed E-state index contributed by atoms with van der Waals surface area (Å²) in [6, 6.07) is 0.999. The lowest BCUT2D eigenvalue weighted by Crippen LogP contribution is -2.37. The normalized spacial score (nSPS) is 12.9. The maximum Gasteiger partial charge on any atom is 0.435 e. The third-order valence-corrected chi connectivity index (χ3v) is 2.61. The molecule has 8 heteroatoms. The Morgan fingerprint density at radius 2 is 2.00 bits per heavy atom. The van der Waals surface area contributed by atoms with Crippen molar-refractivity contribution in [2.75, 3.05) is 0 Å². The first-order valence-electron chi connectivity index (χ1n) is 6.02. The smallest absolute Gasteiger partial charge is 0.341 e. The number of imidazole rings is 1. The molecule has 0 saturated carbocycles. The molecule has 0 fully saturated rings. The Labute approximate surface area is 114 Å². The summed E-state index contributed by atoms with van der Waals surface area (Å²) in [5.41, 5.74) is 5.04. The van der Waals surface area contributed by atoms with Crippen molar-refractivity contribution >= 4 is 0 Å². The lowest BCUT2D eigenvalue weighted by molar-refractivity contribution is -0.141. The van der Waals surface area contributed by atoms with Gasteiger partial charge in [-0.3, -0.25) is 4.68 Å². The molecule has 0 aliphatic heterocycles. The first kappa shape index (κ1) is 14.6. The minimum absolute atomic E-state index is 0.163. The van der Waals surface area contributed by atoms with Crippen molar-refractivity contribution in [2.24, 2.45) is 5.73 Å². The average Bonchev–Trinajstić information content (AvgIpc) is 2.81. The van der Waals surface area contributed by atoms with Gasteiger partial charge in [-0.1, -0.05) is 0 Å². The van der Waals surface area contributed by atoms with Gasteiger partial charge >= 0.3 is 6.18 Å². The molecule has 0 aliphatic rings. The first-order chi connectivity index (χ1) is 9.06. The van der Waals surface area contributed by atoms with Crippen LogP contribution in [0.3, 0.4) is 0 Å². The summed E-state index contributed by atoms with van der Waals surface area (Å²) in [5.74, 6) is 0.619. The van der Waals surface area contributed by atoms with Crippen LogP contribution < -0.4 is 5.73 Å². The number of aromatic nitrogens is 4. The Balaban J connectivity index is 2.50. The van der Waals surface area contributed by atoms with Gasteiger partial charge in [0.25, 0.3) is 0 Å². The molecule has 0 radical (unpaired) electrons. The third-order valence-electron chi connectivity index (χ3n) is 2.61. The molecule has 0 unspecified atom stereocenters. The molecule has 0 atom stereocenters. The minimum atomic E-state index is -4.49. The molecule has 2 heterocycles. The minimum Gasteiger partial charge on any atom is -0.341 e. The molecule has 5 nitrogen and oxygen atoms in total. The zero-order valence-corrected chi connectivity index (χ0v) is 11.4. The molecular formula is C12H16F3N5. The van der Waals surface area contributed by atoms with Crippen LogP contribution in [-0.2, 0) is 12.7 Å². The van der Waals surface area contributed by atoms with Gasteiger partial charge in [0.1, 0.15) is 5.82 Å². The van der Waals surface area contributed by atoms with Gasteiger partial charge in [0.2, 0.25) is 0 Å².